The van der Waals surface area contributed by atoms with E-state index in [0.717, 1.165) is 5.82 Å². The molecule has 1 fully saturated rings. The fraction of sp³-hybridized carbons (Fsp3) is 0.217. The number of sulfonamides is 1. The molecule has 4 rings (SSSR count). The molecule has 0 radical (unpaired) electrons. The van der Waals surface area contributed by atoms with Gasteiger partial charge in [0.2, 0.25) is 0 Å². The summed E-state index contributed by atoms with van der Waals surface area (Å²) in [6, 6.07) is 20.8. The molecule has 160 valence electrons. The number of pyridine rings is 1. The van der Waals surface area contributed by atoms with Gasteiger partial charge in [-0.15, -0.1) is 0 Å². The molecule has 31 heavy (non-hydrogen) atoms. The van der Waals surface area contributed by atoms with Crippen LogP contribution in [-0.4, -0.2) is 57.4 Å². The van der Waals surface area contributed by atoms with Gasteiger partial charge in [-0.05, 0) is 48.5 Å². The summed E-state index contributed by atoms with van der Waals surface area (Å²) in [5.41, 5.74) is 1.06. The maximum Gasteiger partial charge on any atom is 0.264 e. The standard InChI is InChI=1S/C23H24N4O3S/c1-25(20-7-3-2-4-8-20)31(29,30)21-12-10-19(11-13-21)23(28)27-17-15-26(16-18-27)22-9-5-6-14-24-22/h2-14H,15-18H2,1H3. The molecule has 1 aliphatic rings. The van der Waals surface area contributed by atoms with Crippen LogP contribution in [0.15, 0.2) is 83.9 Å². The lowest BCUT2D eigenvalue weighted by molar-refractivity contribution is 0.0746. The Hall–Kier alpha value is -3.39. The number of piperazine rings is 1. The minimum atomic E-state index is -3.70. The zero-order valence-corrected chi connectivity index (χ0v) is 18.1. The van der Waals surface area contributed by atoms with E-state index in [1.54, 1.807) is 47.5 Å². The number of anilines is 2. The van der Waals surface area contributed by atoms with Crippen molar-refractivity contribution >= 4 is 27.4 Å². The summed E-state index contributed by atoms with van der Waals surface area (Å²) in [4.78, 5) is 21.3. The monoisotopic (exact) mass is 436 g/mol. The fourth-order valence-electron chi connectivity index (χ4n) is 3.57. The van der Waals surface area contributed by atoms with Crippen LogP contribution < -0.4 is 9.21 Å². The minimum absolute atomic E-state index is 0.0963. The number of benzene rings is 2. The van der Waals surface area contributed by atoms with Gasteiger partial charge in [0.25, 0.3) is 15.9 Å². The topological polar surface area (TPSA) is 73.8 Å². The van der Waals surface area contributed by atoms with E-state index in [-0.39, 0.29) is 10.8 Å². The summed E-state index contributed by atoms with van der Waals surface area (Å²) >= 11 is 0. The Kier molecular flexibility index (Phi) is 5.90. The Morgan fingerprint density at radius 3 is 2.13 bits per heavy atom. The van der Waals surface area contributed by atoms with E-state index in [4.69, 9.17) is 0 Å². The molecule has 0 bridgehead atoms. The number of aromatic nitrogens is 1. The van der Waals surface area contributed by atoms with Crippen LogP contribution in [0.2, 0.25) is 0 Å². The Labute approximate surface area is 182 Å². The molecule has 3 aromatic rings. The molecular weight excluding hydrogens is 412 g/mol. The molecule has 1 saturated heterocycles. The van der Waals surface area contributed by atoms with Gasteiger partial charge in [-0.2, -0.15) is 0 Å². The predicted octanol–water partition coefficient (Wildman–Crippen LogP) is 2.87. The molecule has 0 N–H and O–H groups in total. The van der Waals surface area contributed by atoms with Crippen LogP contribution in [0, 0.1) is 0 Å². The number of para-hydroxylation sites is 1. The third-order valence-electron chi connectivity index (χ3n) is 5.42. The van der Waals surface area contributed by atoms with Crippen molar-refractivity contribution < 1.29 is 13.2 Å². The maximum atomic E-state index is 12.9. The molecule has 1 aromatic heterocycles. The van der Waals surface area contributed by atoms with Crippen molar-refractivity contribution in [1.82, 2.24) is 9.88 Å². The average molecular weight is 437 g/mol. The first-order valence-electron chi connectivity index (χ1n) is 10.1. The Morgan fingerprint density at radius 1 is 0.871 bits per heavy atom. The normalized spacial score (nSPS) is 14.4. The first-order chi connectivity index (χ1) is 15.0. The van der Waals surface area contributed by atoms with Crippen molar-refractivity contribution in [2.45, 2.75) is 4.90 Å². The van der Waals surface area contributed by atoms with Gasteiger partial charge in [-0.25, -0.2) is 13.4 Å². The molecule has 0 unspecified atom stereocenters. The van der Waals surface area contributed by atoms with Crippen LogP contribution in [0.1, 0.15) is 10.4 Å². The molecule has 0 aliphatic carbocycles. The lowest BCUT2D eigenvalue weighted by atomic mass is 10.2. The highest BCUT2D eigenvalue weighted by molar-refractivity contribution is 7.92. The predicted molar refractivity (Wildman–Crippen MR) is 121 cm³/mol. The van der Waals surface area contributed by atoms with Gasteiger partial charge in [0, 0.05) is 45.0 Å². The van der Waals surface area contributed by atoms with Crippen molar-refractivity contribution in [3.63, 3.8) is 0 Å². The van der Waals surface area contributed by atoms with Crippen molar-refractivity contribution in [3.05, 3.63) is 84.6 Å². The summed E-state index contributed by atoms with van der Waals surface area (Å²) < 4.78 is 27.0. The van der Waals surface area contributed by atoms with Gasteiger partial charge in [-0.1, -0.05) is 24.3 Å². The number of carbonyl (C=O) groups is 1. The van der Waals surface area contributed by atoms with Crippen LogP contribution in [-0.2, 0) is 10.0 Å². The highest BCUT2D eigenvalue weighted by atomic mass is 32.2. The molecule has 2 aromatic carbocycles. The lowest BCUT2D eigenvalue weighted by Crippen LogP contribution is -2.49. The number of hydrogen-bond donors (Lipinski definition) is 0. The Bertz CT molecular complexity index is 1130. The highest BCUT2D eigenvalue weighted by Crippen LogP contribution is 2.22. The van der Waals surface area contributed by atoms with Crippen LogP contribution in [0.4, 0.5) is 11.5 Å². The zero-order valence-electron chi connectivity index (χ0n) is 17.3. The zero-order chi connectivity index (χ0) is 21.8. The van der Waals surface area contributed by atoms with E-state index in [1.807, 2.05) is 24.3 Å². The van der Waals surface area contributed by atoms with Gasteiger partial charge < -0.3 is 9.80 Å². The van der Waals surface area contributed by atoms with E-state index < -0.39 is 10.0 Å². The average Bonchev–Trinajstić information content (AvgIpc) is 2.84. The molecule has 0 atom stereocenters. The van der Waals surface area contributed by atoms with Gasteiger partial charge in [0.1, 0.15) is 5.82 Å². The van der Waals surface area contributed by atoms with Gasteiger partial charge in [-0.3, -0.25) is 9.10 Å². The van der Waals surface area contributed by atoms with Gasteiger partial charge in [0.15, 0.2) is 0 Å². The first-order valence-corrected chi connectivity index (χ1v) is 11.5. The van der Waals surface area contributed by atoms with Crippen LogP contribution in [0.5, 0.6) is 0 Å². The molecule has 1 aliphatic heterocycles. The van der Waals surface area contributed by atoms with Gasteiger partial charge >= 0.3 is 0 Å². The summed E-state index contributed by atoms with van der Waals surface area (Å²) in [6.45, 7) is 2.59. The van der Waals surface area contributed by atoms with E-state index in [0.29, 0.717) is 37.4 Å². The fourth-order valence-corrected chi connectivity index (χ4v) is 4.76. The quantitative estimate of drug-likeness (QED) is 0.615. The van der Waals surface area contributed by atoms with Crippen molar-refractivity contribution in [2.24, 2.45) is 0 Å². The minimum Gasteiger partial charge on any atom is -0.353 e. The molecule has 7 nitrogen and oxygen atoms in total. The second kappa shape index (κ2) is 8.77. The third-order valence-corrected chi connectivity index (χ3v) is 7.22. The van der Waals surface area contributed by atoms with Crippen LogP contribution >= 0.6 is 0 Å². The SMILES string of the molecule is CN(c1ccccc1)S(=O)(=O)c1ccc(C(=O)N2CCN(c3ccccn3)CC2)cc1. The number of rotatable bonds is 5. The number of amides is 1. The largest absolute Gasteiger partial charge is 0.353 e. The summed E-state index contributed by atoms with van der Waals surface area (Å²) in [7, 11) is -2.18. The Balaban J connectivity index is 1.43. The summed E-state index contributed by atoms with van der Waals surface area (Å²) in [6.07, 6.45) is 1.76. The van der Waals surface area contributed by atoms with E-state index in [2.05, 4.69) is 9.88 Å². The smallest absolute Gasteiger partial charge is 0.264 e. The van der Waals surface area contributed by atoms with E-state index in [1.165, 1.54) is 23.5 Å². The molecular formula is C23H24N4O3S. The summed E-state index contributed by atoms with van der Waals surface area (Å²) in [5, 5.41) is 0. The molecule has 8 heteroatoms. The Morgan fingerprint density at radius 2 is 1.52 bits per heavy atom. The summed E-state index contributed by atoms with van der Waals surface area (Å²) in [5.74, 6) is 0.813. The second-order valence-corrected chi connectivity index (χ2v) is 9.27. The van der Waals surface area contributed by atoms with Crippen molar-refractivity contribution in [1.29, 1.82) is 0 Å². The molecule has 0 saturated carbocycles. The molecule has 1 amide bonds. The maximum absolute atomic E-state index is 12.9. The number of carbonyl (C=O) groups excluding carboxylic acids is 1. The van der Waals surface area contributed by atoms with E-state index in [9.17, 15) is 13.2 Å². The third kappa shape index (κ3) is 4.39. The van der Waals surface area contributed by atoms with Crippen molar-refractivity contribution in [2.75, 3.05) is 42.4 Å². The second-order valence-electron chi connectivity index (χ2n) is 7.30. The van der Waals surface area contributed by atoms with Crippen LogP contribution in [0.25, 0.3) is 0 Å². The van der Waals surface area contributed by atoms with Crippen molar-refractivity contribution in [3.8, 4) is 0 Å². The van der Waals surface area contributed by atoms with Gasteiger partial charge in [0.05, 0.1) is 10.6 Å². The molecule has 2 heterocycles. The first kappa shape index (κ1) is 20.9. The van der Waals surface area contributed by atoms with E-state index >= 15 is 0 Å². The lowest BCUT2D eigenvalue weighted by Gasteiger charge is -2.35. The highest BCUT2D eigenvalue weighted by Gasteiger charge is 2.25. The van der Waals surface area contributed by atoms with Crippen LogP contribution in [0.3, 0.4) is 0 Å². The molecule has 0 spiro atoms. The number of nitrogens with zero attached hydrogens (tertiary/aromatic N) is 4. The number of hydrogen-bond acceptors (Lipinski definition) is 5.